The summed E-state index contributed by atoms with van der Waals surface area (Å²) in [4.78, 5) is 28.7. The quantitative estimate of drug-likeness (QED) is 0.782. The van der Waals surface area contributed by atoms with Crippen LogP contribution in [0.3, 0.4) is 0 Å². The summed E-state index contributed by atoms with van der Waals surface area (Å²) < 4.78 is 5.44. The van der Waals surface area contributed by atoms with E-state index in [4.69, 9.17) is 4.74 Å². The maximum atomic E-state index is 12.8. The van der Waals surface area contributed by atoms with Gasteiger partial charge in [-0.1, -0.05) is 19.3 Å². The number of hydrogen-bond acceptors (Lipinski definition) is 3. The fourth-order valence-electron chi connectivity index (χ4n) is 3.61. The van der Waals surface area contributed by atoms with Crippen LogP contribution in [0.5, 0.6) is 0 Å². The van der Waals surface area contributed by atoms with Crippen molar-refractivity contribution in [2.75, 3.05) is 20.1 Å². The van der Waals surface area contributed by atoms with Gasteiger partial charge in [-0.05, 0) is 46.5 Å². The lowest BCUT2D eigenvalue weighted by Crippen LogP contribution is -2.49. The zero-order valence-corrected chi connectivity index (χ0v) is 15.1. The molecular weight excluding hydrogens is 292 g/mol. The van der Waals surface area contributed by atoms with Gasteiger partial charge in [0, 0.05) is 26.2 Å². The summed E-state index contributed by atoms with van der Waals surface area (Å²) in [6.07, 6.45) is 7.40. The second-order valence-corrected chi connectivity index (χ2v) is 8.01. The fraction of sp³-hybridized carbons (Fsp3) is 0.889. The lowest BCUT2D eigenvalue weighted by Gasteiger charge is -2.38. The van der Waals surface area contributed by atoms with E-state index in [0.717, 1.165) is 25.7 Å². The van der Waals surface area contributed by atoms with Gasteiger partial charge in [-0.2, -0.15) is 0 Å². The van der Waals surface area contributed by atoms with E-state index < -0.39 is 5.60 Å². The van der Waals surface area contributed by atoms with Crippen LogP contribution in [-0.4, -0.2) is 53.6 Å². The summed E-state index contributed by atoms with van der Waals surface area (Å²) in [7, 11) is 1.94. The summed E-state index contributed by atoms with van der Waals surface area (Å²) >= 11 is 0. The molecule has 2 aliphatic rings. The van der Waals surface area contributed by atoms with Crippen LogP contribution < -0.4 is 0 Å². The van der Waals surface area contributed by atoms with Crippen molar-refractivity contribution in [2.24, 2.45) is 5.92 Å². The Labute approximate surface area is 140 Å². The molecular formula is C18H32N2O3. The van der Waals surface area contributed by atoms with Gasteiger partial charge in [0.1, 0.15) is 5.60 Å². The third-order valence-corrected chi connectivity index (χ3v) is 4.89. The fourth-order valence-corrected chi connectivity index (χ4v) is 3.61. The predicted octanol–water partition coefficient (Wildman–Crippen LogP) is 3.42. The van der Waals surface area contributed by atoms with Gasteiger partial charge in [0.25, 0.3) is 0 Å². The molecule has 132 valence electrons. The molecule has 0 aromatic carbocycles. The second kappa shape index (κ2) is 7.54. The van der Waals surface area contributed by atoms with E-state index >= 15 is 0 Å². The highest BCUT2D eigenvalue weighted by molar-refractivity contribution is 5.80. The SMILES string of the molecule is CN(C(=O)C1CCCN(C(=O)OC(C)(C)C)C1)C1CCCCC1. The lowest BCUT2D eigenvalue weighted by molar-refractivity contribution is -0.138. The third-order valence-electron chi connectivity index (χ3n) is 4.89. The van der Waals surface area contributed by atoms with Gasteiger partial charge < -0.3 is 14.5 Å². The summed E-state index contributed by atoms with van der Waals surface area (Å²) in [5.74, 6) is 0.119. The van der Waals surface area contributed by atoms with Crippen molar-refractivity contribution in [3.63, 3.8) is 0 Å². The van der Waals surface area contributed by atoms with E-state index in [9.17, 15) is 9.59 Å². The highest BCUT2D eigenvalue weighted by Gasteiger charge is 2.34. The van der Waals surface area contributed by atoms with Gasteiger partial charge in [-0.15, -0.1) is 0 Å². The molecule has 0 spiro atoms. The van der Waals surface area contributed by atoms with Crippen LogP contribution in [0.2, 0.25) is 0 Å². The molecule has 1 saturated heterocycles. The van der Waals surface area contributed by atoms with Crippen molar-refractivity contribution < 1.29 is 14.3 Å². The minimum atomic E-state index is -0.493. The second-order valence-electron chi connectivity index (χ2n) is 8.01. The first kappa shape index (κ1) is 18.1. The Morgan fingerprint density at radius 3 is 2.30 bits per heavy atom. The Morgan fingerprint density at radius 1 is 1.04 bits per heavy atom. The van der Waals surface area contributed by atoms with Crippen LogP contribution in [0.25, 0.3) is 0 Å². The van der Waals surface area contributed by atoms with Crippen LogP contribution in [-0.2, 0) is 9.53 Å². The van der Waals surface area contributed by atoms with E-state index in [2.05, 4.69) is 0 Å². The normalized spacial score (nSPS) is 23.5. The van der Waals surface area contributed by atoms with Crippen molar-refractivity contribution >= 4 is 12.0 Å². The number of piperidine rings is 1. The van der Waals surface area contributed by atoms with Crippen molar-refractivity contribution in [3.8, 4) is 0 Å². The zero-order chi connectivity index (χ0) is 17.0. The van der Waals surface area contributed by atoms with E-state index in [1.54, 1.807) is 4.90 Å². The van der Waals surface area contributed by atoms with Crippen LogP contribution in [0, 0.1) is 5.92 Å². The molecule has 1 aliphatic carbocycles. The van der Waals surface area contributed by atoms with Gasteiger partial charge in [0.05, 0.1) is 5.92 Å². The minimum Gasteiger partial charge on any atom is -0.444 e. The van der Waals surface area contributed by atoms with Crippen molar-refractivity contribution in [2.45, 2.75) is 77.4 Å². The Bertz CT molecular complexity index is 424. The van der Waals surface area contributed by atoms with Crippen LogP contribution in [0.4, 0.5) is 4.79 Å². The van der Waals surface area contributed by atoms with E-state index in [1.165, 1.54) is 19.3 Å². The molecule has 0 aromatic rings. The average molecular weight is 324 g/mol. The topological polar surface area (TPSA) is 49.9 Å². The monoisotopic (exact) mass is 324 g/mol. The smallest absolute Gasteiger partial charge is 0.410 e. The first-order chi connectivity index (χ1) is 10.8. The molecule has 5 nitrogen and oxygen atoms in total. The lowest BCUT2D eigenvalue weighted by atomic mass is 9.91. The Balaban J connectivity index is 1.91. The number of nitrogens with zero attached hydrogens (tertiary/aromatic N) is 2. The molecule has 0 aromatic heterocycles. The molecule has 2 fully saturated rings. The first-order valence-electron chi connectivity index (χ1n) is 9.02. The molecule has 1 saturated carbocycles. The van der Waals surface area contributed by atoms with E-state index in [1.807, 2.05) is 32.7 Å². The molecule has 0 radical (unpaired) electrons. The summed E-state index contributed by atoms with van der Waals surface area (Å²) in [6.45, 7) is 6.79. The highest BCUT2D eigenvalue weighted by Crippen LogP contribution is 2.26. The van der Waals surface area contributed by atoms with Gasteiger partial charge in [-0.3, -0.25) is 4.79 Å². The number of hydrogen-bond donors (Lipinski definition) is 0. The van der Waals surface area contributed by atoms with Crippen molar-refractivity contribution in [1.82, 2.24) is 9.80 Å². The number of carbonyl (C=O) groups is 2. The predicted molar refractivity (Wildman–Crippen MR) is 90.2 cm³/mol. The molecule has 2 amide bonds. The molecule has 1 heterocycles. The average Bonchev–Trinajstić information content (AvgIpc) is 2.53. The standard InChI is InChI=1S/C18H32N2O3/c1-18(2,3)23-17(22)20-12-8-9-14(13-20)16(21)19(4)15-10-6-5-7-11-15/h14-15H,5-13H2,1-4H3. The van der Waals surface area contributed by atoms with Gasteiger partial charge in [0.15, 0.2) is 0 Å². The number of rotatable bonds is 2. The van der Waals surface area contributed by atoms with Gasteiger partial charge in [-0.25, -0.2) is 4.79 Å². The number of likely N-dealkylation sites (tertiary alicyclic amines) is 1. The summed E-state index contributed by atoms with van der Waals surface area (Å²) in [5, 5.41) is 0. The zero-order valence-electron chi connectivity index (χ0n) is 15.1. The van der Waals surface area contributed by atoms with Gasteiger partial charge >= 0.3 is 6.09 Å². The van der Waals surface area contributed by atoms with Crippen molar-refractivity contribution in [1.29, 1.82) is 0 Å². The maximum absolute atomic E-state index is 12.8. The Kier molecular flexibility index (Phi) is 5.93. The van der Waals surface area contributed by atoms with Crippen molar-refractivity contribution in [3.05, 3.63) is 0 Å². The van der Waals surface area contributed by atoms with Crippen LogP contribution >= 0.6 is 0 Å². The largest absolute Gasteiger partial charge is 0.444 e. The van der Waals surface area contributed by atoms with Crippen LogP contribution in [0.1, 0.15) is 65.7 Å². The number of amides is 2. The Morgan fingerprint density at radius 2 is 1.70 bits per heavy atom. The van der Waals surface area contributed by atoms with E-state index in [0.29, 0.717) is 19.1 Å². The molecule has 1 unspecified atom stereocenters. The molecule has 5 heteroatoms. The molecule has 1 aliphatic heterocycles. The summed E-state index contributed by atoms with van der Waals surface area (Å²) in [6, 6.07) is 0.383. The first-order valence-corrected chi connectivity index (χ1v) is 9.02. The highest BCUT2D eigenvalue weighted by atomic mass is 16.6. The van der Waals surface area contributed by atoms with Crippen LogP contribution in [0.15, 0.2) is 0 Å². The van der Waals surface area contributed by atoms with E-state index in [-0.39, 0.29) is 17.9 Å². The number of ether oxygens (including phenoxy) is 1. The molecule has 1 atom stereocenters. The molecule has 0 N–H and O–H groups in total. The molecule has 2 rings (SSSR count). The Hall–Kier alpha value is -1.26. The van der Waals surface area contributed by atoms with Gasteiger partial charge in [0.2, 0.25) is 5.91 Å². The molecule has 0 bridgehead atoms. The third kappa shape index (κ3) is 5.11. The minimum absolute atomic E-state index is 0.0804. The summed E-state index contributed by atoms with van der Waals surface area (Å²) in [5.41, 5.74) is -0.493. The molecule has 23 heavy (non-hydrogen) atoms. The maximum Gasteiger partial charge on any atom is 0.410 e. The number of carbonyl (C=O) groups excluding carboxylic acids is 2.